The largest absolute Gasteiger partial charge is 0.463 e. The smallest absolute Gasteiger partial charge is 0.336 e. The molecular weight excluding hydrogens is 318 g/mol. The Labute approximate surface area is 136 Å². The molecule has 4 N–H and O–H groups in total. The third-order valence-electron chi connectivity index (χ3n) is 3.93. The van der Waals surface area contributed by atoms with Gasteiger partial charge in [0.25, 0.3) is 0 Å². The van der Waals surface area contributed by atoms with Gasteiger partial charge in [-0.1, -0.05) is 0 Å². The van der Waals surface area contributed by atoms with E-state index in [1.807, 2.05) is 0 Å². The van der Waals surface area contributed by atoms with Gasteiger partial charge in [-0.05, 0) is 24.6 Å². The van der Waals surface area contributed by atoms with Crippen molar-refractivity contribution in [1.82, 2.24) is 0 Å². The van der Waals surface area contributed by atoms with Crippen LogP contribution >= 0.6 is 0 Å². The molecule has 1 fully saturated rings. The predicted molar refractivity (Wildman–Crippen MR) is 82.6 cm³/mol. The molecule has 2 unspecified atom stereocenters. The average Bonchev–Trinajstić information content (AvgIpc) is 2.55. The number of Topliss-reactive ketones (excluding diaryl/α,β-unsaturated/α-hetero) is 1. The number of benzene rings is 1. The van der Waals surface area contributed by atoms with Crippen LogP contribution in [0.25, 0.3) is 11.0 Å². The van der Waals surface area contributed by atoms with Crippen molar-refractivity contribution in [1.29, 1.82) is 0 Å². The van der Waals surface area contributed by atoms with Gasteiger partial charge >= 0.3 is 5.63 Å². The highest BCUT2D eigenvalue weighted by Gasteiger charge is 2.43. The number of aliphatic hydroxyl groups excluding tert-OH is 2. The average molecular weight is 335 g/mol. The number of ketones is 1. The molecule has 24 heavy (non-hydrogen) atoms. The van der Waals surface area contributed by atoms with Crippen LogP contribution in [0.1, 0.15) is 5.56 Å². The van der Waals surface area contributed by atoms with Crippen molar-refractivity contribution in [2.24, 2.45) is 5.73 Å². The second-order valence-corrected chi connectivity index (χ2v) is 5.62. The van der Waals surface area contributed by atoms with E-state index >= 15 is 0 Å². The highest BCUT2D eigenvalue weighted by Crippen LogP contribution is 2.25. The lowest BCUT2D eigenvalue weighted by Crippen LogP contribution is -2.61. The van der Waals surface area contributed by atoms with Crippen LogP contribution in [-0.2, 0) is 9.53 Å². The van der Waals surface area contributed by atoms with Crippen LogP contribution in [0.5, 0.6) is 5.75 Å². The third kappa shape index (κ3) is 2.92. The molecule has 8 heteroatoms. The Balaban J connectivity index is 1.89. The van der Waals surface area contributed by atoms with Crippen molar-refractivity contribution in [3.05, 3.63) is 40.2 Å². The first kappa shape index (κ1) is 16.6. The molecule has 3 rings (SSSR count). The Morgan fingerprint density at radius 2 is 2.04 bits per heavy atom. The van der Waals surface area contributed by atoms with E-state index in [-0.39, 0.29) is 5.75 Å². The molecule has 2 heterocycles. The summed E-state index contributed by atoms with van der Waals surface area (Å²) < 4.78 is 16.0. The Morgan fingerprint density at radius 1 is 1.29 bits per heavy atom. The maximum atomic E-state index is 11.9. The molecule has 1 saturated heterocycles. The van der Waals surface area contributed by atoms with E-state index in [1.165, 1.54) is 12.1 Å². The Bertz CT molecular complexity index is 831. The quantitative estimate of drug-likeness (QED) is 0.637. The van der Waals surface area contributed by atoms with Crippen LogP contribution in [0.3, 0.4) is 0 Å². The lowest BCUT2D eigenvalue weighted by atomic mass is 10.00. The molecule has 0 aliphatic carbocycles. The molecule has 1 aliphatic heterocycles. The van der Waals surface area contributed by atoms with Crippen LogP contribution in [-0.4, -0.2) is 47.1 Å². The summed E-state index contributed by atoms with van der Waals surface area (Å²) in [5.74, 6) is -0.397. The van der Waals surface area contributed by atoms with Crippen LogP contribution < -0.4 is 16.1 Å². The molecular formula is C16H17NO7. The normalized spacial score (nSPS) is 27.4. The number of rotatable bonds is 3. The van der Waals surface area contributed by atoms with E-state index in [0.717, 1.165) is 10.9 Å². The zero-order chi connectivity index (χ0) is 17.4. The summed E-state index contributed by atoms with van der Waals surface area (Å²) in [5, 5.41) is 19.6. The van der Waals surface area contributed by atoms with Crippen LogP contribution in [0.2, 0.25) is 0 Å². The molecule has 0 radical (unpaired) electrons. The number of carbonyl (C=O) groups excluding carboxylic acids is 1. The molecule has 0 spiro atoms. The standard InChI is InChI=1S/C16H17NO7/c1-7-4-12(19)23-10-5-8(2-3-9(7)10)22-16-13(17)15(21)14(20)11(6-18)24-16/h2-5,11,13-14,16,18,20H,6,17H2,1H3/t11?,13?,14-,16+/m0/s1. The molecule has 1 aliphatic rings. The van der Waals surface area contributed by atoms with E-state index in [1.54, 1.807) is 19.1 Å². The van der Waals surface area contributed by atoms with Crippen LogP contribution in [0, 0.1) is 6.92 Å². The van der Waals surface area contributed by atoms with Crippen molar-refractivity contribution in [3.63, 3.8) is 0 Å². The Kier molecular flexibility index (Phi) is 4.37. The van der Waals surface area contributed by atoms with E-state index in [0.29, 0.717) is 5.58 Å². The summed E-state index contributed by atoms with van der Waals surface area (Å²) in [4.78, 5) is 23.4. The first-order valence-electron chi connectivity index (χ1n) is 7.35. The molecule has 1 aromatic carbocycles. The molecule has 2 aromatic rings. The lowest BCUT2D eigenvalue weighted by Gasteiger charge is -2.35. The number of fused-ring (bicyclic) bond motifs is 1. The summed E-state index contributed by atoms with van der Waals surface area (Å²) in [7, 11) is 0. The highest BCUT2D eigenvalue weighted by molar-refractivity contribution is 5.89. The molecule has 0 saturated carbocycles. The maximum Gasteiger partial charge on any atom is 0.336 e. The highest BCUT2D eigenvalue weighted by atomic mass is 16.7. The van der Waals surface area contributed by atoms with Gasteiger partial charge in [-0.2, -0.15) is 0 Å². The zero-order valence-corrected chi connectivity index (χ0v) is 12.8. The topological polar surface area (TPSA) is 132 Å². The third-order valence-corrected chi connectivity index (χ3v) is 3.93. The van der Waals surface area contributed by atoms with Gasteiger partial charge in [0.05, 0.1) is 6.61 Å². The maximum absolute atomic E-state index is 11.9. The Hall–Kier alpha value is -2.26. The number of hydrogen-bond acceptors (Lipinski definition) is 8. The van der Waals surface area contributed by atoms with Gasteiger partial charge in [-0.15, -0.1) is 0 Å². The van der Waals surface area contributed by atoms with Gasteiger partial charge in [0.1, 0.15) is 29.6 Å². The van der Waals surface area contributed by atoms with E-state index in [4.69, 9.17) is 24.7 Å². The number of aliphatic hydroxyl groups is 2. The minimum absolute atomic E-state index is 0.276. The summed E-state index contributed by atoms with van der Waals surface area (Å²) >= 11 is 0. The fraction of sp³-hybridized carbons (Fsp3) is 0.375. The second kappa shape index (κ2) is 6.33. The first-order chi connectivity index (χ1) is 11.4. The van der Waals surface area contributed by atoms with Gasteiger partial charge in [-0.25, -0.2) is 4.79 Å². The first-order valence-corrected chi connectivity index (χ1v) is 7.35. The van der Waals surface area contributed by atoms with Crippen molar-refractivity contribution in [2.75, 3.05) is 6.61 Å². The number of aryl methyl sites for hydroxylation is 1. The van der Waals surface area contributed by atoms with E-state index in [2.05, 4.69) is 0 Å². The summed E-state index contributed by atoms with van der Waals surface area (Å²) in [6.45, 7) is 1.23. The van der Waals surface area contributed by atoms with Gasteiger partial charge in [0.15, 0.2) is 5.78 Å². The van der Waals surface area contributed by atoms with Crippen molar-refractivity contribution < 1.29 is 28.9 Å². The fourth-order valence-electron chi connectivity index (χ4n) is 2.60. The van der Waals surface area contributed by atoms with Gasteiger partial charge in [-0.3, -0.25) is 4.79 Å². The number of ether oxygens (including phenoxy) is 2. The van der Waals surface area contributed by atoms with Crippen LogP contribution in [0.15, 0.2) is 33.5 Å². The molecule has 4 atom stereocenters. The molecule has 8 nitrogen and oxygen atoms in total. The second-order valence-electron chi connectivity index (χ2n) is 5.62. The van der Waals surface area contributed by atoms with Gasteiger partial charge in [0.2, 0.25) is 6.29 Å². The number of carbonyl (C=O) groups is 1. The van der Waals surface area contributed by atoms with Crippen molar-refractivity contribution in [2.45, 2.75) is 31.5 Å². The van der Waals surface area contributed by atoms with Crippen molar-refractivity contribution in [3.8, 4) is 5.75 Å². The summed E-state index contributed by atoms with van der Waals surface area (Å²) in [5.41, 5.74) is 6.33. The number of hydrogen-bond donors (Lipinski definition) is 3. The van der Waals surface area contributed by atoms with Crippen LogP contribution in [0.4, 0.5) is 0 Å². The van der Waals surface area contributed by atoms with E-state index < -0.39 is 42.6 Å². The fourth-order valence-corrected chi connectivity index (χ4v) is 2.60. The van der Waals surface area contributed by atoms with E-state index in [9.17, 15) is 14.7 Å². The summed E-state index contributed by atoms with van der Waals surface area (Å²) in [6.07, 6.45) is -3.78. The van der Waals surface area contributed by atoms with Gasteiger partial charge < -0.3 is 29.8 Å². The predicted octanol–water partition coefficient (Wildman–Crippen LogP) is -0.545. The summed E-state index contributed by atoms with van der Waals surface area (Å²) in [6, 6.07) is 4.99. The van der Waals surface area contributed by atoms with Gasteiger partial charge in [0, 0.05) is 17.5 Å². The lowest BCUT2D eigenvalue weighted by molar-refractivity contribution is -0.203. The van der Waals surface area contributed by atoms with Crippen molar-refractivity contribution >= 4 is 16.8 Å². The minimum Gasteiger partial charge on any atom is -0.463 e. The SMILES string of the molecule is Cc1cc(=O)oc2cc(O[C@@H]3OC(CO)[C@H](O)C(=O)C3N)ccc12. The molecule has 1 aromatic heterocycles. The molecule has 0 amide bonds. The molecule has 128 valence electrons. The zero-order valence-electron chi connectivity index (χ0n) is 12.8. The monoisotopic (exact) mass is 335 g/mol. The Morgan fingerprint density at radius 3 is 2.75 bits per heavy atom. The number of nitrogens with two attached hydrogens (primary N) is 1. The molecule has 0 bridgehead atoms. The minimum atomic E-state index is -1.50.